The van der Waals surface area contributed by atoms with Gasteiger partial charge in [-0.2, -0.15) is 5.10 Å². The maximum atomic E-state index is 13.2. The molecule has 2 aromatic heterocycles. The van der Waals surface area contributed by atoms with Gasteiger partial charge in [0.2, 0.25) is 5.91 Å². The van der Waals surface area contributed by atoms with Crippen molar-refractivity contribution in [1.82, 2.24) is 34.0 Å². The Bertz CT molecular complexity index is 1300. The number of hydrogen-bond acceptors (Lipinski definition) is 7. The molecule has 0 unspecified atom stereocenters. The summed E-state index contributed by atoms with van der Waals surface area (Å²) < 4.78 is 3.15. The highest BCUT2D eigenvalue weighted by Gasteiger charge is 2.39. The highest BCUT2D eigenvalue weighted by atomic mass is 16.3. The normalized spacial score (nSPS) is 17.7. The van der Waals surface area contributed by atoms with Gasteiger partial charge >= 0.3 is 0 Å². The Labute approximate surface area is 217 Å². The summed E-state index contributed by atoms with van der Waals surface area (Å²) in [6.45, 7) is 4.05. The number of nitrogens with zero attached hydrogens (tertiary/aromatic N) is 7. The Kier molecular flexibility index (Phi) is 7.15. The SMILES string of the molecule is CN(C)CCN(C)Cc1ccc(-n2ncc3c(=O)n(CC4(O)CCN(C(=O)C5CC5)CC4)cnc32)cc1. The average Bonchev–Trinajstić information content (AvgIpc) is 3.64. The lowest BCUT2D eigenvalue weighted by Crippen LogP contribution is -2.50. The number of carbonyl (C=O) groups is 1. The van der Waals surface area contributed by atoms with Gasteiger partial charge in [-0.05, 0) is 64.5 Å². The number of amides is 1. The van der Waals surface area contributed by atoms with E-state index in [4.69, 9.17) is 0 Å². The number of carbonyl (C=O) groups excluding carboxylic acids is 1. The zero-order valence-electron chi connectivity index (χ0n) is 22.0. The van der Waals surface area contributed by atoms with Crippen LogP contribution in [0.5, 0.6) is 0 Å². The Morgan fingerprint density at radius 1 is 1.11 bits per heavy atom. The van der Waals surface area contributed by atoms with Gasteiger partial charge in [0.25, 0.3) is 5.56 Å². The van der Waals surface area contributed by atoms with Crippen LogP contribution in [0.3, 0.4) is 0 Å². The number of aliphatic hydroxyl groups is 1. The van der Waals surface area contributed by atoms with Crippen molar-refractivity contribution in [3.63, 3.8) is 0 Å². The van der Waals surface area contributed by atoms with E-state index in [-0.39, 0.29) is 23.9 Å². The van der Waals surface area contributed by atoms with Gasteiger partial charge in [0.1, 0.15) is 11.7 Å². The van der Waals surface area contributed by atoms with Gasteiger partial charge in [-0.3, -0.25) is 14.2 Å². The molecule has 3 heterocycles. The third-order valence-electron chi connectivity index (χ3n) is 7.51. The van der Waals surface area contributed by atoms with Crippen molar-refractivity contribution in [3.8, 4) is 5.69 Å². The molecule has 10 heteroatoms. The van der Waals surface area contributed by atoms with Crippen molar-refractivity contribution >= 4 is 16.9 Å². The van der Waals surface area contributed by atoms with E-state index in [9.17, 15) is 14.7 Å². The Morgan fingerprint density at radius 2 is 1.81 bits per heavy atom. The summed E-state index contributed by atoms with van der Waals surface area (Å²) in [7, 11) is 6.26. The van der Waals surface area contributed by atoms with E-state index in [1.807, 2.05) is 17.0 Å². The summed E-state index contributed by atoms with van der Waals surface area (Å²) in [6.07, 6.45) is 5.90. The third-order valence-corrected chi connectivity index (χ3v) is 7.51. The van der Waals surface area contributed by atoms with E-state index in [2.05, 4.69) is 53.2 Å². The Hall–Kier alpha value is -3.08. The molecule has 37 heavy (non-hydrogen) atoms. The molecule has 1 aromatic carbocycles. The maximum absolute atomic E-state index is 13.2. The van der Waals surface area contributed by atoms with Crippen LogP contribution in [-0.2, 0) is 17.9 Å². The molecule has 1 aliphatic carbocycles. The van der Waals surface area contributed by atoms with Gasteiger partial charge in [-0.25, -0.2) is 9.67 Å². The molecule has 0 bridgehead atoms. The monoisotopic (exact) mass is 507 g/mol. The molecule has 3 aromatic rings. The molecule has 2 fully saturated rings. The second-order valence-corrected chi connectivity index (χ2v) is 11.0. The highest BCUT2D eigenvalue weighted by molar-refractivity contribution is 5.81. The minimum Gasteiger partial charge on any atom is -0.388 e. The zero-order valence-corrected chi connectivity index (χ0v) is 22.0. The first-order chi connectivity index (χ1) is 17.7. The van der Waals surface area contributed by atoms with Crippen LogP contribution in [0.1, 0.15) is 31.2 Å². The van der Waals surface area contributed by atoms with E-state index < -0.39 is 5.60 Å². The van der Waals surface area contributed by atoms with Crippen LogP contribution < -0.4 is 5.56 Å². The van der Waals surface area contributed by atoms with Gasteiger partial charge in [-0.15, -0.1) is 0 Å². The second-order valence-electron chi connectivity index (χ2n) is 11.0. The lowest BCUT2D eigenvalue weighted by Gasteiger charge is -2.38. The van der Waals surface area contributed by atoms with Crippen LogP contribution in [0.25, 0.3) is 16.7 Å². The largest absolute Gasteiger partial charge is 0.388 e. The van der Waals surface area contributed by atoms with E-state index in [0.29, 0.717) is 37.0 Å². The summed E-state index contributed by atoms with van der Waals surface area (Å²) in [6, 6.07) is 8.14. The van der Waals surface area contributed by atoms with Crippen LogP contribution in [0.2, 0.25) is 0 Å². The van der Waals surface area contributed by atoms with Crippen molar-refractivity contribution < 1.29 is 9.90 Å². The minimum atomic E-state index is -1.04. The van der Waals surface area contributed by atoms with Crippen molar-refractivity contribution in [2.75, 3.05) is 47.3 Å². The molecular weight excluding hydrogens is 470 g/mol. The Balaban J connectivity index is 1.26. The lowest BCUT2D eigenvalue weighted by atomic mass is 9.91. The summed E-state index contributed by atoms with van der Waals surface area (Å²) in [5.74, 6) is 0.390. The standard InChI is InChI=1S/C27H37N7O3/c1-30(2)14-15-31(3)17-20-4-8-22(9-5-20)34-24-23(16-29-34)26(36)33(19-28-24)18-27(37)10-12-32(13-11-27)25(35)21-6-7-21/h4-5,8-9,16,19,21,37H,6-7,10-15,17-18H2,1-3H3. The maximum Gasteiger partial charge on any atom is 0.264 e. The molecule has 0 spiro atoms. The molecule has 0 atom stereocenters. The molecular formula is C27H37N7O3. The number of hydrogen-bond donors (Lipinski definition) is 1. The zero-order chi connectivity index (χ0) is 26.2. The molecule has 1 N–H and O–H groups in total. The molecule has 1 amide bonds. The second kappa shape index (κ2) is 10.4. The van der Waals surface area contributed by atoms with E-state index in [1.54, 1.807) is 10.9 Å². The third kappa shape index (κ3) is 5.76. The van der Waals surface area contributed by atoms with Gasteiger partial charge in [0, 0.05) is 38.6 Å². The number of rotatable bonds is 9. The average molecular weight is 508 g/mol. The first-order valence-electron chi connectivity index (χ1n) is 13.1. The highest BCUT2D eigenvalue weighted by Crippen LogP contribution is 2.33. The topological polar surface area (TPSA) is 99.7 Å². The van der Waals surface area contributed by atoms with E-state index in [1.165, 1.54) is 16.5 Å². The lowest BCUT2D eigenvalue weighted by molar-refractivity contribution is -0.137. The summed E-state index contributed by atoms with van der Waals surface area (Å²) in [4.78, 5) is 36.4. The van der Waals surface area contributed by atoms with Crippen LogP contribution in [0.15, 0.2) is 41.6 Å². The van der Waals surface area contributed by atoms with E-state index >= 15 is 0 Å². The predicted octanol–water partition coefficient (Wildman–Crippen LogP) is 1.34. The molecule has 10 nitrogen and oxygen atoms in total. The molecule has 0 radical (unpaired) electrons. The number of benzene rings is 1. The van der Waals surface area contributed by atoms with Gasteiger partial charge < -0.3 is 19.8 Å². The van der Waals surface area contributed by atoms with Gasteiger partial charge in [0.15, 0.2) is 5.65 Å². The number of likely N-dealkylation sites (N-methyl/N-ethyl adjacent to an activating group) is 2. The van der Waals surface area contributed by atoms with Crippen molar-refractivity contribution in [2.24, 2.45) is 5.92 Å². The van der Waals surface area contributed by atoms with Crippen molar-refractivity contribution in [2.45, 2.75) is 44.4 Å². The van der Waals surface area contributed by atoms with Crippen LogP contribution in [0.4, 0.5) is 0 Å². The quantitative estimate of drug-likeness (QED) is 0.467. The Morgan fingerprint density at radius 3 is 2.46 bits per heavy atom. The smallest absolute Gasteiger partial charge is 0.264 e. The van der Waals surface area contributed by atoms with Crippen LogP contribution in [0, 0.1) is 5.92 Å². The number of fused-ring (bicyclic) bond motifs is 1. The number of aromatic nitrogens is 4. The van der Waals surface area contributed by atoms with Gasteiger partial charge in [-0.1, -0.05) is 12.1 Å². The molecule has 198 valence electrons. The summed E-state index contributed by atoms with van der Waals surface area (Å²) >= 11 is 0. The van der Waals surface area contributed by atoms with Crippen LogP contribution in [-0.4, -0.2) is 98.0 Å². The fourth-order valence-electron chi connectivity index (χ4n) is 4.96. The first kappa shape index (κ1) is 25.6. The predicted molar refractivity (Wildman–Crippen MR) is 142 cm³/mol. The number of likely N-dealkylation sites (tertiary alicyclic amines) is 1. The van der Waals surface area contributed by atoms with E-state index in [0.717, 1.165) is 38.2 Å². The molecule has 1 saturated carbocycles. The molecule has 1 saturated heterocycles. The van der Waals surface area contributed by atoms with Crippen molar-refractivity contribution in [1.29, 1.82) is 0 Å². The fraction of sp³-hybridized carbons (Fsp3) is 0.556. The molecule has 1 aliphatic heterocycles. The summed E-state index contributed by atoms with van der Waals surface area (Å²) in [5, 5.41) is 16.0. The first-order valence-corrected chi connectivity index (χ1v) is 13.1. The number of piperidine rings is 1. The van der Waals surface area contributed by atoms with Crippen molar-refractivity contribution in [3.05, 3.63) is 52.7 Å². The van der Waals surface area contributed by atoms with Gasteiger partial charge in [0.05, 0.1) is 24.0 Å². The van der Waals surface area contributed by atoms with Crippen LogP contribution >= 0.6 is 0 Å². The minimum absolute atomic E-state index is 0.154. The molecule has 5 rings (SSSR count). The summed E-state index contributed by atoms with van der Waals surface area (Å²) in [5.41, 5.74) is 1.28. The fourth-order valence-corrected chi connectivity index (χ4v) is 4.96. The molecule has 2 aliphatic rings.